The SMILES string of the molecule is Cc1ccc(N2C(=O)C[C@@H](N(C(=O)c3ccc(Cl)cc3Cl)c3ccc(C)cc3)C2=O)cc1. The number of halogens is 2. The summed E-state index contributed by atoms with van der Waals surface area (Å²) < 4.78 is 0. The lowest BCUT2D eigenvalue weighted by Gasteiger charge is -2.28. The van der Waals surface area contributed by atoms with E-state index in [-0.39, 0.29) is 22.9 Å². The number of carbonyl (C=O) groups is 3. The Morgan fingerprint density at radius 2 is 1.50 bits per heavy atom. The maximum Gasteiger partial charge on any atom is 0.260 e. The number of amides is 3. The van der Waals surface area contributed by atoms with Crippen LogP contribution in [0, 0.1) is 13.8 Å². The zero-order valence-corrected chi connectivity index (χ0v) is 19.0. The van der Waals surface area contributed by atoms with Crippen LogP contribution in [0.3, 0.4) is 0 Å². The zero-order valence-electron chi connectivity index (χ0n) is 17.5. The molecule has 3 amide bonds. The molecule has 1 aliphatic rings. The second-order valence-electron chi connectivity index (χ2n) is 7.76. The topological polar surface area (TPSA) is 57.7 Å². The van der Waals surface area contributed by atoms with E-state index in [9.17, 15) is 14.4 Å². The van der Waals surface area contributed by atoms with Gasteiger partial charge in [0.15, 0.2) is 0 Å². The molecule has 0 saturated carbocycles. The van der Waals surface area contributed by atoms with Crippen LogP contribution in [0.1, 0.15) is 27.9 Å². The molecule has 0 radical (unpaired) electrons. The molecule has 0 aliphatic carbocycles. The van der Waals surface area contributed by atoms with Crippen molar-refractivity contribution in [3.05, 3.63) is 93.5 Å². The van der Waals surface area contributed by atoms with E-state index in [0.717, 1.165) is 16.0 Å². The molecule has 0 spiro atoms. The van der Waals surface area contributed by atoms with Crippen LogP contribution in [0.5, 0.6) is 0 Å². The highest BCUT2D eigenvalue weighted by molar-refractivity contribution is 6.37. The second-order valence-corrected chi connectivity index (χ2v) is 8.60. The van der Waals surface area contributed by atoms with Crippen molar-refractivity contribution in [2.75, 3.05) is 9.80 Å². The normalized spacial score (nSPS) is 15.9. The maximum atomic E-state index is 13.6. The third kappa shape index (κ3) is 4.14. The van der Waals surface area contributed by atoms with Crippen molar-refractivity contribution in [3.63, 3.8) is 0 Å². The molecule has 0 N–H and O–H groups in total. The van der Waals surface area contributed by atoms with Gasteiger partial charge in [-0.3, -0.25) is 19.3 Å². The molecular formula is C25H20Cl2N2O3. The first-order valence-corrected chi connectivity index (χ1v) is 10.8. The molecule has 5 nitrogen and oxygen atoms in total. The van der Waals surface area contributed by atoms with Crippen LogP contribution in [0.15, 0.2) is 66.7 Å². The van der Waals surface area contributed by atoms with Crippen molar-refractivity contribution in [2.45, 2.75) is 26.3 Å². The van der Waals surface area contributed by atoms with Crippen LogP contribution in [0.4, 0.5) is 11.4 Å². The molecular weight excluding hydrogens is 447 g/mol. The Morgan fingerprint density at radius 3 is 2.09 bits per heavy atom. The van der Waals surface area contributed by atoms with Gasteiger partial charge in [-0.25, -0.2) is 4.90 Å². The molecule has 162 valence electrons. The first-order valence-electron chi connectivity index (χ1n) is 10.0. The van der Waals surface area contributed by atoms with Gasteiger partial charge in [0.25, 0.3) is 11.8 Å². The van der Waals surface area contributed by atoms with Crippen molar-refractivity contribution in [1.82, 2.24) is 0 Å². The number of carbonyl (C=O) groups excluding carboxylic acids is 3. The molecule has 3 aromatic carbocycles. The van der Waals surface area contributed by atoms with Gasteiger partial charge in [0, 0.05) is 10.7 Å². The highest BCUT2D eigenvalue weighted by atomic mass is 35.5. The molecule has 1 aliphatic heterocycles. The third-order valence-corrected chi connectivity index (χ3v) is 5.97. The van der Waals surface area contributed by atoms with Crippen molar-refractivity contribution in [3.8, 4) is 0 Å². The summed E-state index contributed by atoms with van der Waals surface area (Å²) in [4.78, 5) is 42.4. The van der Waals surface area contributed by atoms with Gasteiger partial charge in [-0.1, -0.05) is 58.6 Å². The summed E-state index contributed by atoms with van der Waals surface area (Å²) in [6.07, 6.45) is -0.127. The number of hydrogen-bond acceptors (Lipinski definition) is 3. The number of hydrogen-bond donors (Lipinski definition) is 0. The number of aryl methyl sites for hydroxylation is 2. The first kappa shape index (κ1) is 22.1. The van der Waals surface area contributed by atoms with Gasteiger partial charge in [-0.05, 0) is 56.3 Å². The first-order chi connectivity index (χ1) is 15.3. The number of anilines is 2. The van der Waals surface area contributed by atoms with Crippen LogP contribution in [0.2, 0.25) is 10.0 Å². The summed E-state index contributed by atoms with van der Waals surface area (Å²) in [6.45, 7) is 3.85. The Kier molecular flexibility index (Phi) is 6.04. The van der Waals surface area contributed by atoms with Crippen LogP contribution in [-0.2, 0) is 9.59 Å². The molecule has 1 heterocycles. The molecule has 3 aromatic rings. The van der Waals surface area contributed by atoms with Crippen molar-refractivity contribution >= 4 is 52.3 Å². The highest BCUT2D eigenvalue weighted by Crippen LogP contribution is 2.32. The van der Waals surface area contributed by atoms with Crippen LogP contribution in [0.25, 0.3) is 0 Å². The Hall–Kier alpha value is -3.15. The van der Waals surface area contributed by atoms with Crippen LogP contribution < -0.4 is 9.80 Å². The Balaban J connectivity index is 1.77. The summed E-state index contributed by atoms with van der Waals surface area (Å²) in [6, 6.07) is 17.9. The number of nitrogens with zero attached hydrogens (tertiary/aromatic N) is 2. The largest absolute Gasteiger partial charge is 0.295 e. The molecule has 1 fully saturated rings. The second kappa shape index (κ2) is 8.77. The number of benzene rings is 3. The Labute approximate surface area is 196 Å². The fourth-order valence-electron chi connectivity index (χ4n) is 3.72. The fraction of sp³-hybridized carbons (Fsp3) is 0.160. The van der Waals surface area contributed by atoms with Crippen molar-refractivity contribution in [2.24, 2.45) is 0 Å². The van der Waals surface area contributed by atoms with E-state index in [1.165, 1.54) is 17.0 Å². The molecule has 32 heavy (non-hydrogen) atoms. The predicted molar refractivity (Wildman–Crippen MR) is 127 cm³/mol. The number of imide groups is 1. The van der Waals surface area contributed by atoms with Crippen molar-refractivity contribution in [1.29, 1.82) is 0 Å². The van der Waals surface area contributed by atoms with E-state index in [1.807, 2.05) is 38.1 Å². The van der Waals surface area contributed by atoms with E-state index in [4.69, 9.17) is 23.2 Å². The van der Waals surface area contributed by atoms with Gasteiger partial charge in [0.2, 0.25) is 5.91 Å². The van der Waals surface area contributed by atoms with E-state index >= 15 is 0 Å². The Morgan fingerprint density at radius 1 is 0.906 bits per heavy atom. The van der Waals surface area contributed by atoms with E-state index in [1.54, 1.807) is 30.3 Å². The van der Waals surface area contributed by atoms with Gasteiger partial charge >= 0.3 is 0 Å². The molecule has 0 aromatic heterocycles. The summed E-state index contributed by atoms with van der Waals surface area (Å²) in [5.41, 5.74) is 3.20. The quantitative estimate of drug-likeness (QED) is 0.470. The molecule has 7 heteroatoms. The minimum atomic E-state index is -0.995. The minimum Gasteiger partial charge on any atom is -0.295 e. The lowest BCUT2D eigenvalue weighted by molar-refractivity contribution is -0.121. The minimum absolute atomic E-state index is 0.127. The zero-order chi connectivity index (χ0) is 23.0. The van der Waals surface area contributed by atoms with Crippen molar-refractivity contribution < 1.29 is 14.4 Å². The van der Waals surface area contributed by atoms with Gasteiger partial charge in [0.1, 0.15) is 6.04 Å². The molecule has 1 saturated heterocycles. The van der Waals surface area contributed by atoms with Gasteiger partial charge in [-0.15, -0.1) is 0 Å². The van der Waals surface area contributed by atoms with E-state index < -0.39 is 17.9 Å². The van der Waals surface area contributed by atoms with E-state index in [0.29, 0.717) is 16.4 Å². The summed E-state index contributed by atoms with van der Waals surface area (Å²) in [7, 11) is 0. The lowest BCUT2D eigenvalue weighted by Crippen LogP contribution is -2.46. The van der Waals surface area contributed by atoms with Gasteiger partial charge in [0.05, 0.1) is 22.7 Å². The molecule has 1 atom stereocenters. The van der Waals surface area contributed by atoms with Gasteiger partial charge in [-0.2, -0.15) is 0 Å². The molecule has 0 bridgehead atoms. The summed E-state index contributed by atoms with van der Waals surface area (Å²) >= 11 is 12.3. The maximum absolute atomic E-state index is 13.6. The van der Waals surface area contributed by atoms with Crippen LogP contribution >= 0.6 is 23.2 Å². The molecule has 0 unspecified atom stereocenters. The lowest BCUT2D eigenvalue weighted by atomic mass is 10.1. The average Bonchev–Trinajstić information content (AvgIpc) is 3.04. The Bertz CT molecular complexity index is 1210. The monoisotopic (exact) mass is 466 g/mol. The van der Waals surface area contributed by atoms with Crippen LogP contribution in [-0.4, -0.2) is 23.8 Å². The van der Waals surface area contributed by atoms with E-state index in [2.05, 4.69) is 0 Å². The smallest absolute Gasteiger partial charge is 0.260 e. The highest BCUT2D eigenvalue weighted by Gasteiger charge is 2.45. The molecule has 4 rings (SSSR count). The third-order valence-electron chi connectivity index (χ3n) is 5.42. The predicted octanol–water partition coefficient (Wildman–Crippen LogP) is 5.59. The number of rotatable bonds is 4. The van der Waals surface area contributed by atoms with Gasteiger partial charge < -0.3 is 0 Å². The average molecular weight is 467 g/mol. The summed E-state index contributed by atoms with van der Waals surface area (Å²) in [5, 5.41) is 0.567. The summed E-state index contributed by atoms with van der Waals surface area (Å²) in [5.74, 6) is -1.30. The fourth-order valence-corrected chi connectivity index (χ4v) is 4.21. The standard InChI is InChI=1S/C25H20Cl2N2O3/c1-15-3-8-18(9-4-15)28(24(31)20-12-7-17(26)13-21(20)27)22-14-23(30)29(25(22)32)19-10-5-16(2)6-11-19/h3-13,22H,14H2,1-2H3/t22-/m1/s1.